The van der Waals surface area contributed by atoms with Crippen LogP contribution in [0.5, 0.6) is 5.75 Å². The molecule has 1 N–H and O–H groups in total. The number of fused-ring (bicyclic) bond motifs is 1. The molecule has 0 unspecified atom stereocenters. The van der Waals surface area contributed by atoms with Crippen molar-refractivity contribution < 1.29 is 5.11 Å². The van der Waals surface area contributed by atoms with Gasteiger partial charge in [-0.05, 0) is 120 Å². The van der Waals surface area contributed by atoms with Crippen LogP contribution in [0.15, 0.2) is 164 Å². The number of phenolic OH excluding ortho intramolecular Hbond substituents is 1. The standard InChI is InChI=1S/C67H73N3OSi/c1-64(2,3)49-30-32-58(54(40-49)44-25-20-17-21-26-44)70-59-28-22-27-53(61(59)69-63(70)55-41-51(66(7,8)9)42-56(62(55)71)67(10,11)12)47-35-48(37-50(36-47)65(4,5)6)57-38-46(33-34-68-57)45-29-31-52(43-23-18-16-19-24-43)60(39-45)72(13,14)15/h16-42,71H,1-15H3. The maximum Gasteiger partial charge on any atom is 0.149 e. The van der Waals surface area contributed by atoms with Crippen molar-refractivity contribution in [2.24, 2.45) is 0 Å². The second-order valence-electron chi connectivity index (χ2n) is 25.1. The van der Waals surface area contributed by atoms with Gasteiger partial charge in [0.25, 0.3) is 0 Å². The lowest BCUT2D eigenvalue weighted by Gasteiger charge is -2.28. The van der Waals surface area contributed by atoms with E-state index in [1.54, 1.807) is 0 Å². The number of hydrogen-bond donors (Lipinski definition) is 1. The van der Waals surface area contributed by atoms with Crippen LogP contribution in [0.3, 0.4) is 0 Å². The highest BCUT2D eigenvalue weighted by Crippen LogP contribution is 2.46. The van der Waals surface area contributed by atoms with Gasteiger partial charge in [0.05, 0.1) is 36.1 Å². The van der Waals surface area contributed by atoms with Crippen LogP contribution in [-0.4, -0.2) is 27.7 Å². The number of hydrogen-bond acceptors (Lipinski definition) is 3. The Morgan fingerprint density at radius 3 is 1.62 bits per heavy atom. The summed E-state index contributed by atoms with van der Waals surface area (Å²) in [5.41, 5.74) is 18.5. The molecule has 72 heavy (non-hydrogen) atoms. The monoisotopic (exact) mass is 964 g/mol. The fourth-order valence-corrected chi connectivity index (χ4v) is 11.6. The fraction of sp³-hybridized carbons (Fsp3) is 0.284. The van der Waals surface area contributed by atoms with Crippen molar-refractivity contribution in [3.8, 4) is 78.6 Å². The molecular formula is C67H73N3OSi. The molecule has 0 bridgehead atoms. The normalized spacial score (nSPS) is 12.7. The largest absolute Gasteiger partial charge is 0.507 e. The van der Waals surface area contributed by atoms with Crippen LogP contribution in [0.1, 0.15) is 105 Å². The number of para-hydroxylation sites is 1. The molecule has 2 heterocycles. The van der Waals surface area contributed by atoms with Gasteiger partial charge in [-0.15, -0.1) is 0 Å². The van der Waals surface area contributed by atoms with Crippen LogP contribution in [0.25, 0.3) is 83.9 Å². The van der Waals surface area contributed by atoms with E-state index in [0.717, 1.165) is 66.9 Å². The van der Waals surface area contributed by atoms with Crippen molar-refractivity contribution in [1.29, 1.82) is 0 Å². The summed E-state index contributed by atoms with van der Waals surface area (Å²) in [6.45, 7) is 34.2. The van der Waals surface area contributed by atoms with Crippen LogP contribution < -0.4 is 5.19 Å². The van der Waals surface area contributed by atoms with Gasteiger partial charge in [0.15, 0.2) is 0 Å². The molecule has 2 aromatic heterocycles. The first kappa shape index (κ1) is 50.1. The molecule has 5 heteroatoms. The smallest absolute Gasteiger partial charge is 0.149 e. The number of aromatic hydroxyl groups is 1. The van der Waals surface area contributed by atoms with Gasteiger partial charge in [0.1, 0.15) is 11.6 Å². The van der Waals surface area contributed by atoms with Crippen LogP contribution >= 0.6 is 0 Å². The third-order valence-corrected chi connectivity index (χ3v) is 16.3. The number of pyridine rings is 1. The lowest BCUT2D eigenvalue weighted by Crippen LogP contribution is -2.39. The maximum atomic E-state index is 12.6. The number of imidazole rings is 1. The quantitative estimate of drug-likeness (QED) is 0.154. The van der Waals surface area contributed by atoms with Crippen molar-refractivity contribution in [2.45, 2.75) is 124 Å². The zero-order chi connectivity index (χ0) is 51.7. The lowest BCUT2D eigenvalue weighted by molar-refractivity contribution is 0.446. The van der Waals surface area contributed by atoms with Crippen molar-refractivity contribution in [3.05, 3.63) is 186 Å². The van der Waals surface area contributed by atoms with E-state index in [-0.39, 0.29) is 27.4 Å². The van der Waals surface area contributed by atoms with Gasteiger partial charge in [0.2, 0.25) is 0 Å². The molecular weight excluding hydrogens is 891 g/mol. The molecule has 0 aliphatic heterocycles. The average molecular weight is 964 g/mol. The highest BCUT2D eigenvalue weighted by Gasteiger charge is 2.30. The van der Waals surface area contributed by atoms with E-state index in [0.29, 0.717) is 11.4 Å². The Hall–Kier alpha value is -6.82. The van der Waals surface area contributed by atoms with Gasteiger partial charge in [-0.1, -0.05) is 217 Å². The summed E-state index contributed by atoms with van der Waals surface area (Å²) in [6, 6.07) is 57.6. The SMILES string of the molecule is CC(C)(C)c1cc(-c2cc(-c3ccc(-c4ccccc4)c([Si](C)(C)C)c3)ccn2)cc(-c2cccc3c2nc(-c2cc(C(C)(C)C)cc(C(C)(C)C)c2O)n3-c2ccc(C(C)(C)C)cc2-c2ccccc2)c1. The van der Waals surface area contributed by atoms with Crippen molar-refractivity contribution >= 4 is 24.3 Å². The number of rotatable bonds is 8. The minimum absolute atomic E-state index is 0.0793. The first-order chi connectivity index (χ1) is 33.8. The van der Waals surface area contributed by atoms with E-state index in [2.05, 4.69) is 265 Å². The highest BCUT2D eigenvalue weighted by molar-refractivity contribution is 6.89. The van der Waals surface area contributed by atoms with Crippen molar-refractivity contribution in [2.75, 3.05) is 0 Å². The van der Waals surface area contributed by atoms with E-state index in [1.807, 2.05) is 6.20 Å². The van der Waals surface area contributed by atoms with Crippen molar-refractivity contribution in [1.82, 2.24) is 14.5 Å². The third kappa shape index (κ3) is 9.89. The molecule has 0 atom stereocenters. The first-order valence-electron chi connectivity index (χ1n) is 25.7. The van der Waals surface area contributed by atoms with Gasteiger partial charge in [-0.25, -0.2) is 4.98 Å². The second kappa shape index (κ2) is 18.3. The summed E-state index contributed by atoms with van der Waals surface area (Å²) < 4.78 is 2.30. The van der Waals surface area contributed by atoms with Crippen LogP contribution in [-0.2, 0) is 21.7 Å². The van der Waals surface area contributed by atoms with Crippen LogP contribution in [0.4, 0.5) is 0 Å². The molecule has 0 amide bonds. The Labute approximate surface area is 430 Å². The first-order valence-corrected chi connectivity index (χ1v) is 29.2. The average Bonchev–Trinajstić information content (AvgIpc) is 3.72. The second-order valence-corrected chi connectivity index (χ2v) is 30.1. The van der Waals surface area contributed by atoms with Gasteiger partial charge in [0, 0.05) is 28.5 Å². The molecule has 0 fully saturated rings. The number of aromatic nitrogens is 3. The molecule has 0 saturated carbocycles. The summed E-state index contributed by atoms with van der Waals surface area (Å²) >= 11 is 0. The van der Waals surface area contributed by atoms with Gasteiger partial charge in [-0.3, -0.25) is 9.55 Å². The maximum absolute atomic E-state index is 12.6. The Morgan fingerprint density at radius 2 is 1.01 bits per heavy atom. The van der Waals surface area contributed by atoms with E-state index < -0.39 is 8.07 Å². The Balaban J connectivity index is 1.30. The van der Waals surface area contributed by atoms with Gasteiger partial charge < -0.3 is 5.11 Å². The van der Waals surface area contributed by atoms with E-state index in [1.165, 1.54) is 33.0 Å². The molecule has 366 valence electrons. The summed E-state index contributed by atoms with van der Waals surface area (Å²) in [7, 11) is -1.74. The molecule has 7 aromatic carbocycles. The third-order valence-electron chi connectivity index (χ3n) is 14.3. The molecule has 0 aliphatic rings. The number of nitrogens with zero attached hydrogens (tertiary/aromatic N) is 3. The predicted octanol–water partition coefficient (Wildman–Crippen LogP) is 17.9. The lowest BCUT2D eigenvalue weighted by atomic mass is 9.79. The summed E-state index contributed by atoms with van der Waals surface area (Å²) in [6.07, 6.45) is 1.96. The minimum atomic E-state index is -1.74. The van der Waals surface area contributed by atoms with E-state index in [9.17, 15) is 5.11 Å². The number of phenols is 1. The zero-order valence-corrected chi connectivity index (χ0v) is 46.4. The van der Waals surface area contributed by atoms with Crippen LogP contribution in [0.2, 0.25) is 19.6 Å². The highest BCUT2D eigenvalue weighted by atomic mass is 28.3. The van der Waals surface area contributed by atoms with Crippen LogP contribution in [0, 0.1) is 0 Å². The van der Waals surface area contributed by atoms with E-state index in [4.69, 9.17) is 9.97 Å². The number of benzene rings is 7. The van der Waals surface area contributed by atoms with Crippen molar-refractivity contribution in [3.63, 3.8) is 0 Å². The molecule has 0 radical (unpaired) electrons. The molecule has 0 aliphatic carbocycles. The molecule has 4 nitrogen and oxygen atoms in total. The molecule has 9 aromatic rings. The minimum Gasteiger partial charge on any atom is -0.507 e. The Morgan fingerprint density at radius 1 is 0.431 bits per heavy atom. The Kier molecular flexibility index (Phi) is 12.8. The Bertz CT molecular complexity index is 3470. The fourth-order valence-electron chi connectivity index (χ4n) is 9.96. The summed E-state index contributed by atoms with van der Waals surface area (Å²) in [5.74, 6) is 0.959. The van der Waals surface area contributed by atoms with Gasteiger partial charge in [-0.2, -0.15) is 0 Å². The van der Waals surface area contributed by atoms with E-state index >= 15 is 0 Å². The summed E-state index contributed by atoms with van der Waals surface area (Å²) in [4.78, 5) is 10.8. The molecule has 9 rings (SSSR count). The summed E-state index contributed by atoms with van der Waals surface area (Å²) in [5, 5.41) is 14.1. The predicted molar refractivity (Wildman–Crippen MR) is 311 cm³/mol. The topological polar surface area (TPSA) is 50.9 Å². The van der Waals surface area contributed by atoms with Gasteiger partial charge >= 0.3 is 0 Å². The molecule has 0 spiro atoms. The molecule has 0 saturated heterocycles. The zero-order valence-electron chi connectivity index (χ0n) is 45.4.